The van der Waals surface area contributed by atoms with Crippen molar-refractivity contribution in [1.82, 2.24) is 5.32 Å². The summed E-state index contributed by atoms with van der Waals surface area (Å²) in [6.07, 6.45) is 6.66. The standard InChI is InChI=1S/C19H30N2O2.ClH/c1-14(16-10-6-7-11-18(16)23-2)12-19(22)21-17(13-20)15-8-4-3-5-9-15;/h6-7,10-11,14-15,17H,3-5,8-9,12-13,20H2,1-2H3,(H,21,22);1H. The summed E-state index contributed by atoms with van der Waals surface area (Å²) in [7, 11) is 1.67. The molecule has 5 heteroatoms. The first-order chi connectivity index (χ1) is 11.2. The summed E-state index contributed by atoms with van der Waals surface area (Å²) in [6, 6.07) is 8.01. The number of para-hydroxylation sites is 1. The van der Waals surface area contributed by atoms with E-state index in [1.54, 1.807) is 7.11 Å². The van der Waals surface area contributed by atoms with E-state index in [9.17, 15) is 4.79 Å². The molecule has 0 heterocycles. The van der Waals surface area contributed by atoms with Gasteiger partial charge >= 0.3 is 0 Å². The topological polar surface area (TPSA) is 64.3 Å². The van der Waals surface area contributed by atoms with Crippen LogP contribution in [0.3, 0.4) is 0 Å². The highest BCUT2D eigenvalue weighted by Gasteiger charge is 2.25. The van der Waals surface area contributed by atoms with Crippen molar-refractivity contribution in [2.75, 3.05) is 13.7 Å². The van der Waals surface area contributed by atoms with E-state index in [0.717, 1.165) is 11.3 Å². The lowest BCUT2D eigenvalue weighted by Gasteiger charge is -2.30. The fraction of sp³-hybridized carbons (Fsp3) is 0.632. The van der Waals surface area contributed by atoms with Crippen LogP contribution in [0.2, 0.25) is 0 Å². The summed E-state index contributed by atoms with van der Waals surface area (Å²) in [4.78, 5) is 12.4. The van der Waals surface area contributed by atoms with Gasteiger partial charge in [-0.25, -0.2) is 0 Å². The van der Waals surface area contributed by atoms with Crippen LogP contribution in [0.4, 0.5) is 0 Å². The van der Waals surface area contributed by atoms with Gasteiger partial charge in [0.05, 0.1) is 7.11 Å². The number of amides is 1. The molecule has 136 valence electrons. The molecule has 0 saturated heterocycles. The number of methoxy groups -OCH3 is 1. The number of nitrogens with one attached hydrogen (secondary N) is 1. The van der Waals surface area contributed by atoms with Crippen LogP contribution in [-0.4, -0.2) is 25.6 Å². The lowest BCUT2D eigenvalue weighted by Crippen LogP contribution is -2.46. The van der Waals surface area contributed by atoms with Crippen LogP contribution in [-0.2, 0) is 4.79 Å². The van der Waals surface area contributed by atoms with Gasteiger partial charge < -0.3 is 15.8 Å². The van der Waals surface area contributed by atoms with Crippen LogP contribution in [0.15, 0.2) is 24.3 Å². The third-order valence-electron chi connectivity index (χ3n) is 4.98. The molecule has 1 saturated carbocycles. The average molecular weight is 355 g/mol. The lowest BCUT2D eigenvalue weighted by molar-refractivity contribution is -0.122. The number of carbonyl (C=O) groups excluding carboxylic acids is 1. The molecule has 4 nitrogen and oxygen atoms in total. The summed E-state index contributed by atoms with van der Waals surface area (Å²) >= 11 is 0. The molecular weight excluding hydrogens is 324 g/mol. The second-order valence-electron chi connectivity index (χ2n) is 6.65. The molecule has 2 atom stereocenters. The Morgan fingerprint density at radius 1 is 1.29 bits per heavy atom. The number of hydrogen-bond donors (Lipinski definition) is 2. The lowest BCUT2D eigenvalue weighted by atomic mass is 9.83. The molecule has 1 aromatic rings. The monoisotopic (exact) mass is 354 g/mol. The Hall–Kier alpha value is -1.26. The maximum atomic E-state index is 12.4. The van der Waals surface area contributed by atoms with E-state index in [1.165, 1.54) is 32.1 Å². The van der Waals surface area contributed by atoms with E-state index in [1.807, 2.05) is 24.3 Å². The third-order valence-corrected chi connectivity index (χ3v) is 4.98. The van der Waals surface area contributed by atoms with Crippen LogP contribution in [0.25, 0.3) is 0 Å². The maximum Gasteiger partial charge on any atom is 0.220 e. The summed E-state index contributed by atoms with van der Waals surface area (Å²) in [5, 5.41) is 3.17. The smallest absolute Gasteiger partial charge is 0.220 e. The number of carbonyl (C=O) groups is 1. The van der Waals surface area contributed by atoms with E-state index >= 15 is 0 Å². The number of hydrogen-bond acceptors (Lipinski definition) is 3. The van der Waals surface area contributed by atoms with Crippen molar-refractivity contribution in [3.63, 3.8) is 0 Å². The minimum absolute atomic E-state index is 0. The fourth-order valence-corrected chi connectivity index (χ4v) is 3.63. The minimum Gasteiger partial charge on any atom is -0.496 e. The van der Waals surface area contributed by atoms with Gasteiger partial charge in [0.15, 0.2) is 0 Å². The number of benzene rings is 1. The predicted molar refractivity (Wildman–Crippen MR) is 101 cm³/mol. The van der Waals surface area contributed by atoms with E-state index in [4.69, 9.17) is 10.5 Å². The van der Waals surface area contributed by atoms with Crippen LogP contribution >= 0.6 is 12.4 Å². The number of nitrogens with two attached hydrogens (primary N) is 1. The van der Waals surface area contributed by atoms with Gasteiger partial charge in [0, 0.05) is 19.0 Å². The van der Waals surface area contributed by atoms with E-state index in [0.29, 0.717) is 18.9 Å². The molecule has 1 aromatic carbocycles. The first kappa shape index (κ1) is 20.8. The normalized spacial score (nSPS) is 17.5. The van der Waals surface area contributed by atoms with Gasteiger partial charge in [0.1, 0.15) is 5.75 Å². The second kappa shape index (κ2) is 10.6. The summed E-state index contributed by atoms with van der Waals surface area (Å²) < 4.78 is 5.39. The molecule has 1 aliphatic rings. The molecule has 0 radical (unpaired) electrons. The van der Waals surface area contributed by atoms with Crippen molar-refractivity contribution in [1.29, 1.82) is 0 Å². The highest BCUT2D eigenvalue weighted by Crippen LogP contribution is 2.29. The average Bonchev–Trinajstić information content (AvgIpc) is 2.60. The summed E-state index contributed by atoms with van der Waals surface area (Å²) in [5.74, 6) is 1.59. The highest BCUT2D eigenvalue weighted by molar-refractivity contribution is 5.85. The van der Waals surface area contributed by atoms with Crippen molar-refractivity contribution in [3.8, 4) is 5.75 Å². The van der Waals surface area contributed by atoms with Crippen molar-refractivity contribution in [3.05, 3.63) is 29.8 Å². The minimum atomic E-state index is 0. The molecule has 0 spiro atoms. The maximum absolute atomic E-state index is 12.4. The largest absolute Gasteiger partial charge is 0.496 e. The Bertz CT molecular complexity index is 504. The van der Waals surface area contributed by atoms with Crippen molar-refractivity contribution < 1.29 is 9.53 Å². The van der Waals surface area contributed by atoms with Crippen LogP contribution in [0.5, 0.6) is 5.75 Å². The van der Waals surface area contributed by atoms with Gasteiger partial charge in [-0.15, -0.1) is 12.4 Å². The van der Waals surface area contributed by atoms with Gasteiger partial charge in [-0.3, -0.25) is 4.79 Å². The van der Waals surface area contributed by atoms with Gasteiger partial charge in [-0.05, 0) is 36.3 Å². The molecule has 0 aliphatic heterocycles. The first-order valence-corrected chi connectivity index (χ1v) is 8.78. The van der Waals surface area contributed by atoms with Crippen LogP contribution < -0.4 is 15.8 Å². The summed E-state index contributed by atoms with van der Waals surface area (Å²) in [6.45, 7) is 2.59. The molecular formula is C19H31ClN2O2. The Balaban J connectivity index is 0.00000288. The second-order valence-corrected chi connectivity index (χ2v) is 6.65. The number of rotatable bonds is 7. The van der Waals surface area contributed by atoms with Gasteiger partial charge in [-0.2, -0.15) is 0 Å². The van der Waals surface area contributed by atoms with Crippen LogP contribution in [0, 0.1) is 5.92 Å². The zero-order valence-corrected chi connectivity index (χ0v) is 15.6. The SMILES string of the molecule is COc1ccccc1C(C)CC(=O)NC(CN)C1CCCCC1.Cl. The van der Waals surface area contributed by atoms with Crippen molar-refractivity contribution in [2.24, 2.45) is 11.7 Å². The molecule has 2 unspecified atom stereocenters. The first-order valence-electron chi connectivity index (χ1n) is 8.78. The molecule has 24 heavy (non-hydrogen) atoms. The Morgan fingerprint density at radius 2 is 1.96 bits per heavy atom. The Labute approximate surface area is 151 Å². The number of ether oxygens (including phenoxy) is 1. The van der Waals surface area contributed by atoms with Gasteiger partial charge in [0.25, 0.3) is 0 Å². The fourth-order valence-electron chi connectivity index (χ4n) is 3.63. The Morgan fingerprint density at radius 3 is 2.58 bits per heavy atom. The number of halogens is 1. The molecule has 2 rings (SSSR count). The zero-order valence-electron chi connectivity index (χ0n) is 14.8. The van der Waals surface area contributed by atoms with E-state index < -0.39 is 0 Å². The van der Waals surface area contributed by atoms with Gasteiger partial charge in [-0.1, -0.05) is 44.4 Å². The molecule has 0 aromatic heterocycles. The molecule has 1 fully saturated rings. The van der Waals surface area contributed by atoms with Crippen LogP contribution in [0.1, 0.15) is 56.9 Å². The predicted octanol–water partition coefficient (Wildman–Crippen LogP) is 3.63. The Kier molecular flexibility index (Phi) is 9.16. The summed E-state index contributed by atoms with van der Waals surface area (Å²) in [5.41, 5.74) is 6.98. The highest BCUT2D eigenvalue weighted by atomic mass is 35.5. The quantitative estimate of drug-likeness (QED) is 0.785. The molecule has 1 aliphatic carbocycles. The third kappa shape index (κ3) is 5.67. The molecule has 0 bridgehead atoms. The molecule has 1 amide bonds. The van der Waals surface area contributed by atoms with E-state index in [-0.39, 0.29) is 30.3 Å². The van der Waals surface area contributed by atoms with Crippen molar-refractivity contribution >= 4 is 18.3 Å². The van der Waals surface area contributed by atoms with Crippen molar-refractivity contribution in [2.45, 2.75) is 57.4 Å². The van der Waals surface area contributed by atoms with Gasteiger partial charge in [0.2, 0.25) is 5.91 Å². The zero-order chi connectivity index (χ0) is 16.7. The van der Waals surface area contributed by atoms with E-state index in [2.05, 4.69) is 12.2 Å². The molecule has 3 N–H and O–H groups in total.